The van der Waals surface area contributed by atoms with E-state index < -0.39 is 10.0 Å². The summed E-state index contributed by atoms with van der Waals surface area (Å²) in [7, 11) is -3.87. The van der Waals surface area contributed by atoms with E-state index >= 15 is 0 Å². The quantitative estimate of drug-likeness (QED) is 0.709. The number of hydrogen-bond donors (Lipinski definition) is 1. The Morgan fingerprint density at radius 3 is 2.71 bits per heavy atom. The van der Waals surface area contributed by atoms with Gasteiger partial charge in [0.2, 0.25) is 0 Å². The number of para-hydroxylation sites is 1. The zero-order valence-electron chi connectivity index (χ0n) is 17.6. The zero-order valence-corrected chi connectivity index (χ0v) is 19.1. The van der Waals surface area contributed by atoms with Crippen LogP contribution in [0.2, 0.25) is 5.02 Å². The van der Waals surface area contributed by atoms with Crippen LogP contribution >= 0.6 is 11.6 Å². The van der Waals surface area contributed by atoms with Gasteiger partial charge in [-0.1, -0.05) is 36.2 Å². The average Bonchev–Trinajstić information content (AvgIpc) is 3.49. The highest BCUT2D eigenvalue weighted by Gasteiger charge is 2.42. The molecule has 1 N–H and O–H groups in total. The summed E-state index contributed by atoms with van der Waals surface area (Å²) in [5, 5.41) is 3.24. The van der Waals surface area contributed by atoms with Crippen LogP contribution in [0.1, 0.15) is 48.5 Å². The molecule has 2 aliphatic carbocycles. The molecule has 31 heavy (non-hydrogen) atoms. The lowest BCUT2D eigenvalue weighted by Crippen LogP contribution is -2.40. The third-order valence-electron chi connectivity index (χ3n) is 7.40. The maximum atomic E-state index is 13.4. The van der Waals surface area contributed by atoms with E-state index in [1.165, 1.54) is 42.1 Å². The van der Waals surface area contributed by atoms with Crippen molar-refractivity contribution < 1.29 is 13.2 Å². The minimum absolute atomic E-state index is 0.0221. The largest absolute Gasteiger partial charge is 0.349 e. The lowest BCUT2D eigenvalue weighted by molar-refractivity contribution is 0.0915. The molecule has 2 aromatic carbocycles. The van der Waals surface area contributed by atoms with Crippen LogP contribution in [0, 0.1) is 17.8 Å². The van der Waals surface area contributed by atoms with Gasteiger partial charge in [-0.15, -0.1) is 0 Å². The first-order valence-electron chi connectivity index (χ1n) is 11.1. The summed E-state index contributed by atoms with van der Waals surface area (Å²) in [6.07, 6.45) is 5.70. The van der Waals surface area contributed by atoms with Crippen molar-refractivity contribution in [3.05, 3.63) is 58.6 Å². The van der Waals surface area contributed by atoms with Crippen molar-refractivity contribution in [1.82, 2.24) is 5.32 Å². The van der Waals surface area contributed by atoms with Gasteiger partial charge in [0.1, 0.15) is 4.90 Å². The standard InChI is InChI=1S/C24H27ClN2O3S/c1-15(20-13-16-6-7-18(20)12-16)26-24(28)19-8-9-21(25)23(14-19)31(29,30)27-11-10-17-4-2-3-5-22(17)27/h2-5,8-9,14-16,18,20H,6-7,10-13H2,1H3,(H,26,28)/t15-,16-,18-,20+/m0/s1. The number of halogens is 1. The van der Waals surface area contributed by atoms with Crippen molar-refractivity contribution >= 4 is 33.2 Å². The number of nitrogens with one attached hydrogen (secondary N) is 1. The molecule has 5 rings (SSSR count). The van der Waals surface area contributed by atoms with Crippen LogP contribution in [0.4, 0.5) is 5.69 Å². The summed E-state index contributed by atoms with van der Waals surface area (Å²) in [5.74, 6) is 1.78. The van der Waals surface area contributed by atoms with Crippen LogP contribution < -0.4 is 9.62 Å². The molecule has 164 valence electrons. The van der Waals surface area contributed by atoms with Gasteiger partial charge in [0.15, 0.2) is 0 Å². The molecule has 4 atom stereocenters. The Bertz CT molecular complexity index is 1130. The van der Waals surface area contributed by atoms with E-state index in [-0.39, 0.29) is 21.9 Å². The number of benzene rings is 2. The van der Waals surface area contributed by atoms with Crippen molar-refractivity contribution in [2.45, 2.75) is 50.0 Å². The number of carbonyl (C=O) groups excluding carboxylic acids is 1. The van der Waals surface area contributed by atoms with E-state index in [0.717, 1.165) is 11.5 Å². The normalized spacial score (nSPS) is 25.5. The molecule has 2 fully saturated rings. The van der Waals surface area contributed by atoms with Gasteiger partial charge in [-0.3, -0.25) is 9.10 Å². The summed E-state index contributed by atoms with van der Waals surface area (Å²) in [6, 6.07) is 12.1. The Morgan fingerprint density at radius 1 is 1.16 bits per heavy atom. The molecule has 0 radical (unpaired) electrons. The number of amides is 1. The molecule has 2 bridgehead atoms. The Kier molecular flexibility index (Phi) is 5.25. The lowest BCUT2D eigenvalue weighted by Gasteiger charge is -2.28. The molecule has 7 heteroatoms. The fourth-order valence-electron chi connectivity index (χ4n) is 5.82. The predicted octanol–water partition coefficient (Wildman–Crippen LogP) is 4.65. The molecule has 0 saturated heterocycles. The molecule has 1 aliphatic heterocycles. The molecule has 0 unspecified atom stereocenters. The zero-order chi connectivity index (χ0) is 21.8. The summed E-state index contributed by atoms with van der Waals surface area (Å²) in [5.41, 5.74) is 2.00. The average molecular weight is 459 g/mol. The number of carbonyl (C=O) groups is 1. The number of nitrogens with zero attached hydrogens (tertiary/aromatic N) is 1. The first kappa shape index (κ1) is 20.8. The molecule has 3 aliphatic rings. The van der Waals surface area contributed by atoms with Crippen LogP contribution in [0.15, 0.2) is 47.4 Å². The fraction of sp³-hybridized carbons (Fsp3) is 0.458. The van der Waals surface area contributed by atoms with Crippen molar-refractivity contribution in [3.8, 4) is 0 Å². The Balaban J connectivity index is 1.38. The predicted molar refractivity (Wildman–Crippen MR) is 122 cm³/mol. The van der Waals surface area contributed by atoms with Gasteiger partial charge < -0.3 is 5.32 Å². The number of hydrogen-bond acceptors (Lipinski definition) is 3. The van der Waals surface area contributed by atoms with Gasteiger partial charge in [0.05, 0.1) is 10.7 Å². The van der Waals surface area contributed by atoms with Crippen molar-refractivity contribution in [1.29, 1.82) is 0 Å². The molecule has 1 amide bonds. The first-order valence-corrected chi connectivity index (χ1v) is 12.9. The SMILES string of the molecule is C[C@H](NC(=O)c1ccc(Cl)c(S(=O)(=O)N2CCc3ccccc32)c1)[C@H]1C[C@H]2CC[C@H]1C2. The molecular weight excluding hydrogens is 432 g/mol. The van der Waals surface area contributed by atoms with Crippen LogP contribution in [0.25, 0.3) is 0 Å². The number of sulfonamides is 1. The first-order chi connectivity index (χ1) is 14.8. The van der Waals surface area contributed by atoms with Crippen LogP contribution in [0.5, 0.6) is 0 Å². The highest BCUT2D eigenvalue weighted by Crippen LogP contribution is 2.49. The fourth-order valence-corrected chi connectivity index (χ4v) is 7.83. The number of rotatable bonds is 5. The summed E-state index contributed by atoms with van der Waals surface area (Å²) in [4.78, 5) is 12.9. The maximum absolute atomic E-state index is 13.4. The second-order valence-corrected chi connectivity index (χ2v) is 11.4. The minimum atomic E-state index is -3.87. The molecule has 0 aromatic heterocycles. The van der Waals surface area contributed by atoms with E-state index in [4.69, 9.17) is 11.6 Å². The van der Waals surface area contributed by atoms with E-state index in [2.05, 4.69) is 12.2 Å². The van der Waals surface area contributed by atoms with Crippen molar-refractivity contribution in [2.24, 2.45) is 17.8 Å². The molecule has 2 saturated carbocycles. The number of fused-ring (bicyclic) bond motifs is 3. The van der Waals surface area contributed by atoms with E-state index in [1.54, 1.807) is 12.1 Å². The lowest BCUT2D eigenvalue weighted by atomic mass is 9.84. The molecule has 5 nitrogen and oxygen atoms in total. The Hall–Kier alpha value is -2.05. The van der Waals surface area contributed by atoms with Gasteiger partial charge in [0, 0.05) is 18.2 Å². The number of anilines is 1. The summed E-state index contributed by atoms with van der Waals surface area (Å²) < 4.78 is 28.2. The van der Waals surface area contributed by atoms with Gasteiger partial charge in [-0.2, -0.15) is 0 Å². The van der Waals surface area contributed by atoms with Crippen molar-refractivity contribution in [2.75, 3.05) is 10.8 Å². The van der Waals surface area contributed by atoms with Gasteiger partial charge in [-0.05, 0) is 80.2 Å². The Labute approximate surface area is 188 Å². The van der Waals surface area contributed by atoms with Crippen LogP contribution in [0.3, 0.4) is 0 Å². The van der Waals surface area contributed by atoms with E-state index in [9.17, 15) is 13.2 Å². The van der Waals surface area contributed by atoms with Crippen molar-refractivity contribution in [3.63, 3.8) is 0 Å². The van der Waals surface area contributed by atoms with Crippen LogP contribution in [-0.4, -0.2) is 26.9 Å². The van der Waals surface area contributed by atoms with Crippen LogP contribution in [-0.2, 0) is 16.4 Å². The van der Waals surface area contributed by atoms with Gasteiger partial charge >= 0.3 is 0 Å². The third kappa shape index (κ3) is 3.64. The van der Waals surface area contributed by atoms with Gasteiger partial charge in [0.25, 0.3) is 15.9 Å². The topological polar surface area (TPSA) is 66.5 Å². The minimum Gasteiger partial charge on any atom is -0.349 e. The highest BCUT2D eigenvalue weighted by atomic mass is 35.5. The molecule has 1 heterocycles. The Morgan fingerprint density at radius 2 is 1.97 bits per heavy atom. The molecule has 0 spiro atoms. The van der Waals surface area contributed by atoms with E-state index in [1.807, 2.05) is 18.2 Å². The maximum Gasteiger partial charge on any atom is 0.265 e. The molecule has 2 aromatic rings. The summed E-state index contributed by atoms with van der Waals surface area (Å²) >= 11 is 6.31. The highest BCUT2D eigenvalue weighted by molar-refractivity contribution is 7.93. The smallest absolute Gasteiger partial charge is 0.265 e. The second kappa shape index (κ2) is 7.82. The van der Waals surface area contributed by atoms with E-state index in [0.29, 0.717) is 36.1 Å². The van der Waals surface area contributed by atoms with Gasteiger partial charge in [-0.25, -0.2) is 8.42 Å². The monoisotopic (exact) mass is 458 g/mol. The molecular formula is C24H27ClN2O3S. The summed E-state index contributed by atoms with van der Waals surface area (Å²) in [6.45, 7) is 2.44. The third-order valence-corrected chi connectivity index (χ3v) is 9.69. The second-order valence-electron chi connectivity index (χ2n) is 9.20.